The number of fused-ring (bicyclic) bond motifs is 10. The molecular formula is C69H94N2O4. The molecule has 8 aliphatic rings. The second-order valence-corrected chi connectivity index (χ2v) is 28.4. The average molecular weight is 1020 g/mol. The second-order valence-electron chi connectivity index (χ2n) is 28.4. The molecule has 10 rings (SSSR count). The van der Waals surface area contributed by atoms with Crippen LogP contribution in [0.4, 0.5) is 11.4 Å². The van der Waals surface area contributed by atoms with E-state index >= 15 is 0 Å². The first-order valence-corrected chi connectivity index (χ1v) is 30.1. The highest BCUT2D eigenvalue weighted by atomic mass is 16.3. The van der Waals surface area contributed by atoms with Gasteiger partial charge in [-0.05, 0) is 252 Å². The van der Waals surface area contributed by atoms with Crippen LogP contribution in [0.3, 0.4) is 0 Å². The Morgan fingerprint density at radius 1 is 0.680 bits per heavy atom. The summed E-state index contributed by atoms with van der Waals surface area (Å²) in [5.74, 6) is 19.4. The van der Waals surface area contributed by atoms with Crippen molar-refractivity contribution in [2.75, 3.05) is 29.9 Å². The number of benzene rings is 2. The highest BCUT2D eigenvalue weighted by Crippen LogP contribution is 2.70. The summed E-state index contributed by atoms with van der Waals surface area (Å²) >= 11 is 0. The van der Waals surface area contributed by atoms with Crippen molar-refractivity contribution in [3.05, 3.63) is 83.0 Å². The molecule has 8 aliphatic carbocycles. The Hall–Kier alpha value is -4.10. The first kappa shape index (κ1) is 54.3. The van der Waals surface area contributed by atoms with Gasteiger partial charge in [-0.15, -0.1) is 0 Å². The molecule has 1 unspecified atom stereocenters. The minimum absolute atomic E-state index is 0.0689. The van der Waals surface area contributed by atoms with Crippen LogP contribution in [0, 0.1) is 98.6 Å². The van der Waals surface area contributed by atoms with Gasteiger partial charge in [-0.25, -0.2) is 0 Å². The van der Waals surface area contributed by atoms with Crippen molar-refractivity contribution in [2.24, 2.45) is 74.9 Å². The average Bonchev–Trinajstić information content (AvgIpc) is 3.83. The number of carbonyl (C=O) groups is 2. The minimum Gasteiger partial charge on any atom is -0.377 e. The Balaban J connectivity index is 0.860. The van der Waals surface area contributed by atoms with E-state index in [1.807, 2.05) is 12.2 Å². The summed E-state index contributed by atoms with van der Waals surface area (Å²) in [6.45, 7) is 26.6. The van der Waals surface area contributed by atoms with Crippen LogP contribution in [0.25, 0.3) is 0 Å². The lowest BCUT2D eigenvalue weighted by Gasteiger charge is -2.58. The highest BCUT2D eigenvalue weighted by Gasteiger charge is 2.68. The molecule has 0 heterocycles. The van der Waals surface area contributed by atoms with Crippen molar-refractivity contribution in [3.63, 3.8) is 0 Å². The Bertz CT molecular complexity index is 2680. The standard InChI is InChI=1S/C69H94N2O4/c1-13-71(51-23-17-47(18-24-51)58-42-66(10)60(31-33-68(66,74)36-34-64(5,6)7)56-27-19-48-40-52(72)25-29-54(48)62(56)58)38-14-32-65(8,9)35-37-69(75)45(4)39-61-57-28-20-49-41-53(73)26-30-55(49)63(57)59(43-67(61,69)11)46-15-21-50(22-16-46)70(12)44(2)3/h15-18,21-24,40-41,44-45,54-63,74-75H,13-14,19-20,25-33,38-39,42-43H2,1-12H3/t45?,54-,55-,56-,57-,58+,59+,60-,61-,62+,63+,66-,67-,68+,69-/m0/s1. The third-order valence-corrected chi connectivity index (χ3v) is 22.4. The van der Waals surface area contributed by atoms with Crippen LogP contribution in [-0.2, 0) is 9.59 Å². The number of ketones is 2. The van der Waals surface area contributed by atoms with E-state index in [0.717, 1.165) is 96.6 Å². The van der Waals surface area contributed by atoms with Gasteiger partial charge in [0, 0.05) is 72.1 Å². The van der Waals surface area contributed by atoms with E-state index in [1.165, 1.54) is 33.6 Å². The molecule has 0 bridgehead atoms. The molecule has 6 saturated carbocycles. The Morgan fingerprint density at radius 2 is 1.21 bits per heavy atom. The van der Waals surface area contributed by atoms with E-state index in [4.69, 9.17) is 0 Å². The third-order valence-electron chi connectivity index (χ3n) is 22.4. The van der Waals surface area contributed by atoms with Crippen molar-refractivity contribution in [1.82, 2.24) is 0 Å². The Kier molecular flexibility index (Phi) is 14.4. The van der Waals surface area contributed by atoms with E-state index in [1.54, 1.807) is 0 Å². The van der Waals surface area contributed by atoms with Gasteiger partial charge in [0.25, 0.3) is 0 Å². The number of hydrogen-bond acceptors (Lipinski definition) is 6. The number of anilines is 2. The molecule has 6 fully saturated rings. The predicted octanol–water partition coefficient (Wildman–Crippen LogP) is 14.3. The van der Waals surface area contributed by atoms with Gasteiger partial charge in [0.1, 0.15) is 11.2 Å². The van der Waals surface area contributed by atoms with E-state index in [2.05, 4.69) is 165 Å². The Labute approximate surface area is 453 Å². The van der Waals surface area contributed by atoms with Crippen LogP contribution in [0.1, 0.15) is 195 Å². The monoisotopic (exact) mass is 1010 g/mol. The van der Waals surface area contributed by atoms with Crippen LogP contribution in [0.5, 0.6) is 0 Å². The van der Waals surface area contributed by atoms with Crippen molar-refractivity contribution < 1.29 is 19.8 Å². The highest BCUT2D eigenvalue weighted by molar-refractivity contribution is 5.92. The third kappa shape index (κ3) is 9.63. The van der Waals surface area contributed by atoms with Gasteiger partial charge in [0.15, 0.2) is 11.6 Å². The van der Waals surface area contributed by atoms with Crippen molar-refractivity contribution in [3.8, 4) is 23.7 Å². The minimum atomic E-state index is -1.09. The number of allylic oxidation sites excluding steroid dienone is 2. The molecular weight excluding hydrogens is 921 g/mol. The van der Waals surface area contributed by atoms with E-state index in [0.29, 0.717) is 89.6 Å². The van der Waals surface area contributed by atoms with Gasteiger partial charge in [-0.3, -0.25) is 9.59 Å². The molecule has 2 aromatic rings. The van der Waals surface area contributed by atoms with Crippen molar-refractivity contribution in [2.45, 2.75) is 202 Å². The Morgan fingerprint density at radius 3 is 1.75 bits per heavy atom. The molecule has 75 heavy (non-hydrogen) atoms. The SMILES string of the molecule is CCN(CCCC(C)(C)C#C[C@]1(O)C(C)C[C@H]2[C@@H]3CCC4=CC(=O)CC[C@@H]4[C@H]3[C@@H](c3ccc(N(C)C(C)C)cc3)C[C@@]21C)c1ccc([C@H]2C[C@@]3(C)[C@@H](CC[C@@]3(O)C#CC(C)(C)C)[C@@H]3CCC4=CC(=O)CC[C@@H]4[C@H]32)cc1. The van der Waals surface area contributed by atoms with Gasteiger partial charge < -0.3 is 20.0 Å². The molecule has 2 N–H and O–H groups in total. The van der Waals surface area contributed by atoms with Crippen LogP contribution in [-0.4, -0.2) is 59.2 Å². The first-order valence-electron chi connectivity index (χ1n) is 30.1. The van der Waals surface area contributed by atoms with Crippen LogP contribution >= 0.6 is 0 Å². The summed E-state index contributed by atoms with van der Waals surface area (Å²) in [4.78, 5) is 30.3. The summed E-state index contributed by atoms with van der Waals surface area (Å²) in [7, 11) is 2.17. The quantitative estimate of drug-likeness (QED) is 0.231. The maximum atomic E-state index is 13.3. The molecule has 15 atom stereocenters. The van der Waals surface area contributed by atoms with Gasteiger partial charge in [-0.1, -0.05) is 79.9 Å². The summed E-state index contributed by atoms with van der Waals surface area (Å²) in [5.41, 5.74) is 4.79. The maximum absolute atomic E-state index is 13.3. The zero-order valence-corrected chi connectivity index (χ0v) is 48.3. The number of aliphatic hydroxyl groups is 2. The molecule has 0 saturated heterocycles. The molecule has 6 heteroatoms. The molecule has 0 spiro atoms. The number of carbonyl (C=O) groups excluding carboxylic acids is 2. The lowest BCUT2D eigenvalue weighted by molar-refractivity contribution is -0.118. The summed E-state index contributed by atoms with van der Waals surface area (Å²) in [5, 5.41) is 25.9. The fraction of sp³-hybridized carbons (Fsp3) is 0.681. The molecule has 6 nitrogen and oxygen atoms in total. The van der Waals surface area contributed by atoms with Crippen molar-refractivity contribution >= 4 is 22.9 Å². The van der Waals surface area contributed by atoms with E-state index in [9.17, 15) is 19.8 Å². The lowest BCUT2D eigenvalue weighted by Crippen LogP contribution is -2.55. The molecule has 0 aliphatic heterocycles. The second kappa shape index (κ2) is 20.0. The lowest BCUT2D eigenvalue weighted by atomic mass is 9.46. The van der Waals surface area contributed by atoms with Crippen LogP contribution < -0.4 is 9.80 Å². The van der Waals surface area contributed by atoms with Gasteiger partial charge in [0.05, 0.1) is 0 Å². The zero-order chi connectivity index (χ0) is 53.6. The van der Waals surface area contributed by atoms with E-state index < -0.39 is 11.2 Å². The van der Waals surface area contributed by atoms with Gasteiger partial charge in [-0.2, -0.15) is 0 Å². The fourth-order valence-electron chi connectivity index (χ4n) is 18.1. The van der Waals surface area contributed by atoms with Crippen LogP contribution in [0.2, 0.25) is 0 Å². The molecule has 0 aromatic heterocycles. The number of hydrogen-bond donors (Lipinski definition) is 2. The number of nitrogens with zero attached hydrogens (tertiary/aromatic N) is 2. The first-order chi connectivity index (χ1) is 35.4. The largest absolute Gasteiger partial charge is 0.377 e. The van der Waals surface area contributed by atoms with Crippen molar-refractivity contribution in [1.29, 1.82) is 0 Å². The summed E-state index contributed by atoms with van der Waals surface area (Å²) in [6, 6.07) is 19.3. The maximum Gasteiger partial charge on any atom is 0.155 e. The fourth-order valence-corrected chi connectivity index (χ4v) is 18.1. The smallest absolute Gasteiger partial charge is 0.155 e. The molecule has 404 valence electrons. The normalized spacial score (nSPS) is 38.0. The zero-order valence-electron chi connectivity index (χ0n) is 48.3. The summed E-state index contributed by atoms with van der Waals surface area (Å²) in [6.07, 6.45) is 18.0. The molecule has 0 amide bonds. The van der Waals surface area contributed by atoms with Crippen LogP contribution in [0.15, 0.2) is 71.8 Å². The topological polar surface area (TPSA) is 81.1 Å². The molecule has 0 radical (unpaired) electrons. The van der Waals surface area contributed by atoms with Gasteiger partial charge >= 0.3 is 0 Å². The molecule has 2 aromatic carbocycles. The number of rotatable bonds is 10. The predicted molar refractivity (Wildman–Crippen MR) is 307 cm³/mol. The van der Waals surface area contributed by atoms with E-state index in [-0.39, 0.29) is 27.6 Å². The summed E-state index contributed by atoms with van der Waals surface area (Å²) < 4.78 is 0. The van der Waals surface area contributed by atoms with Gasteiger partial charge in [0.2, 0.25) is 0 Å².